The standard InChI is InChI=1S/C13H10F6N4O/c1-6-10(24)23(2)22-11(20-6)21-9-4-7(12(14,15)16)3-8(5-9)13(17,18)19/h3-5H,1-2H3,(H,21,22). The van der Waals surface area contributed by atoms with E-state index in [4.69, 9.17) is 0 Å². The van der Waals surface area contributed by atoms with Crippen molar-refractivity contribution >= 4 is 11.6 Å². The van der Waals surface area contributed by atoms with Gasteiger partial charge < -0.3 is 5.32 Å². The summed E-state index contributed by atoms with van der Waals surface area (Å²) in [5.41, 5.74) is -4.00. The van der Waals surface area contributed by atoms with E-state index in [2.05, 4.69) is 15.4 Å². The molecular formula is C13H10F6N4O. The molecule has 130 valence electrons. The lowest BCUT2D eigenvalue weighted by atomic mass is 10.1. The van der Waals surface area contributed by atoms with Gasteiger partial charge in [0.2, 0.25) is 5.95 Å². The van der Waals surface area contributed by atoms with E-state index in [1.165, 1.54) is 14.0 Å². The van der Waals surface area contributed by atoms with Crippen molar-refractivity contribution in [1.29, 1.82) is 0 Å². The Morgan fingerprint density at radius 3 is 1.92 bits per heavy atom. The van der Waals surface area contributed by atoms with Crippen molar-refractivity contribution in [3.63, 3.8) is 0 Å². The van der Waals surface area contributed by atoms with Crippen molar-refractivity contribution in [2.24, 2.45) is 7.05 Å². The lowest BCUT2D eigenvalue weighted by Gasteiger charge is -2.15. The first-order valence-corrected chi connectivity index (χ1v) is 6.36. The zero-order valence-corrected chi connectivity index (χ0v) is 12.2. The summed E-state index contributed by atoms with van der Waals surface area (Å²) in [5, 5.41) is 5.89. The highest BCUT2D eigenvalue weighted by molar-refractivity contribution is 5.57. The normalized spacial score (nSPS) is 12.3. The maximum absolute atomic E-state index is 12.8. The average molecular weight is 352 g/mol. The summed E-state index contributed by atoms with van der Waals surface area (Å²) in [7, 11) is 1.27. The molecule has 11 heteroatoms. The Morgan fingerprint density at radius 1 is 1.00 bits per heavy atom. The maximum Gasteiger partial charge on any atom is 0.416 e. The first-order chi connectivity index (χ1) is 10.9. The smallest absolute Gasteiger partial charge is 0.323 e. The molecule has 0 aliphatic carbocycles. The Kier molecular flexibility index (Phi) is 4.29. The SMILES string of the molecule is Cc1nc(Nc2cc(C(F)(F)F)cc(C(F)(F)F)c2)nn(C)c1=O. The third-order valence-electron chi connectivity index (χ3n) is 2.97. The molecule has 5 nitrogen and oxygen atoms in total. The fourth-order valence-electron chi connectivity index (χ4n) is 1.86. The molecule has 2 aromatic rings. The van der Waals surface area contributed by atoms with Crippen LogP contribution in [0.4, 0.5) is 38.0 Å². The summed E-state index contributed by atoms with van der Waals surface area (Å²) in [6.45, 7) is 1.34. The van der Waals surface area contributed by atoms with Crippen molar-refractivity contribution < 1.29 is 26.3 Å². The van der Waals surface area contributed by atoms with Gasteiger partial charge >= 0.3 is 12.4 Å². The number of aryl methyl sites for hydroxylation is 2. The Labute approximate surface area is 130 Å². The lowest BCUT2D eigenvalue weighted by molar-refractivity contribution is -0.143. The molecule has 0 unspecified atom stereocenters. The van der Waals surface area contributed by atoms with Crippen LogP contribution in [-0.2, 0) is 19.4 Å². The third kappa shape index (κ3) is 3.84. The fraction of sp³-hybridized carbons (Fsp3) is 0.308. The van der Waals surface area contributed by atoms with Gasteiger partial charge in [-0.3, -0.25) is 4.79 Å². The van der Waals surface area contributed by atoms with Crippen LogP contribution in [0.15, 0.2) is 23.0 Å². The van der Waals surface area contributed by atoms with Crippen molar-refractivity contribution in [3.05, 3.63) is 45.4 Å². The molecule has 1 heterocycles. The highest BCUT2D eigenvalue weighted by Gasteiger charge is 2.37. The zero-order valence-electron chi connectivity index (χ0n) is 12.2. The molecule has 0 aliphatic heterocycles. The minimum atomic E-state index is -4.96. The number of hydrogen-bond acceptors (Lipinski definition) is 4. The largest absolute Gasteiger partial charge is 0.416 e. The van der Waals surface area contributed by atoms with Gasteiger partial charge in [-0.15, -0.1) is 5.10 Å². The van der Waals surface area contributed by atoms with Gasteiger partial charge in [-0.05, 0) is 25.1 Å². The number of benzene rings is 1. The third-order valence-corrected chi connectivity index (χ3v) is 2.97. The first kappa shape index (κ1) is 17.8. The summed E-state index contributed by atoms with van der Waals surface area (Å²) in [6.07, 6.45) is -9.92. The summed E-state index contributed by atoms with van der Waals surface area (Å²) >= 11 is 0. The van der Waals surface area contributed by atoms with E-state index in [1.807, 2.05) is 0 Å². The van der Waals surface area contributed by atoms with Crippen LogP contribution in [0, 0.1) is 6.92 Å². The molecule has 0 saturated heterocycles. The van der Waals surface area contributed by atoms with Gasteiger partial charge in [0.1, 0.15) is 5.69 Å². The van der Waals surface area contributed by atoms with Crippen molar-refractivity contribution in [1.82, 2.24) is 14.8 Å². The number of rotatable bonds is 2. The number of anilines is 2. The Balaban J connectivity index is 2.52. The molecule has 0 amide bonds. The summed E-state index contributed by atoms with van der Waals surface area (Å²) in [4.78, 5) is 15.2. The lowest BCUT2D eigenvalue weighted by Crippen LogP contribution is -2.24. The summed E-state index contributed by atoms with van der Waals surface area (Å²) in [5.74, 6) is -0.304. The molecule has 2 rings (SSSR count). The zero-order chi connectivity index (χ0) is 18.3. The molecule has 1 aromatic carbocycles. The molecule has 1 N–H and O–H groups in total. The van der Waals surface area contributed by atoms with Gasteiger partial charge in [0.25, 0.3) is 5.56 Å². The Morgan fingerprint density at radius 2 is 1.50 bits per heavy atom. The average Bonchev–Trinajstić information content (AvgIpc) is 2.42. The van der Waals surface area contributed by atoms with Crippen LogP contribution in [0.25, 0.3) is 0 Å². The minimum absolute atomic E-state index is 0.0119. The predicted octanol–water partition coefficient (Wildman–Crippen LogP) is 3.26. The molecule has 1 aromatic heterocycles. The van der Waals surface area contributed by atoms with Crippen LogP contribution in [0.2, 0.25) is 0 Å². The van der Waals surface area contributed by atoms with Crippen LogP contribution in [0.5, 0.6) is 0 Å². The predicted molar refractivity (Wildman–Crippen MR) is 71.7 cm³/mol. The fourth-order valence-corrected chi connectivity index (χ4v) is 1.86. The van der Waals surface area contributed by atoms with Crippen molar-refractivity contribution in [2.75, 3.05) is 5.32 Å². The van der Waals surface area contributed by atoms with E-state index in [1.54, 1.807) is 0 Å². The van der Waals surface area contributed by atoms with E-state index in [9.17, 15) is 31.1 Å². The Bertz CT molecular complexity index is 766. The van der Waals surface area contributed by atoms with Gasteiger partial charge in [0.15, 0.2) is 0 Å². The second-order valence-corrected chi connectivity index (χ2v) is 4.87. The van der Waals surface area contributed by atoms with E-state index in [-0.39, 0.29) is 17.7 Å². The van der Waals surface area contributed by atoms with Gasteiger partial charge in [0, 0.05) is 12.7 Å². The second-order valence-electron chi connectivity index (χ2n) is 4.87. The number of alkyl halides is 6. The molecule has 0 radical (unpaired) electrons. The Hall–Kier alpha value is -2.59. The monoisotopic (exact) mass is 352 g/mol. The van der Waals surface area contributed by atoms with E-state index in [0.717, 1.165) is 4.68 Å². The van der Waals surface area contributed by atoms with Crippen molar-refractivity contribution in [3.8, 4) is 0 Å². The highest BCUT2D eigenvalue weighted by Crippen LogP contribution is 2.37. The topological polar surface area (TPSA) is 59.8 Å². The second kappa shape index (κ2) is 5.80. The van der Waals surface area contributed by atoms with Crippen LogP contribution in [-0.4, -0.2) is 14.8 Å². The maximum atomic E-state index is 12.8. The van der Waals surface area contributed by atoms with Crippen LogP contribution in [0.3, 0.4) is 0 Å². The van der Waals surface area contributed by atoms with Crippen LogP contribution < -0.4 is 10.9 Å². The molecule has 0 spiro atoms. The molecular weight excluding hydrogens is 342 g/mol. The number of hydrogen-bond donors (Lipinski definition) is 1. The van der Waals surface area contributed by atoms with Crippen LogP contribution >= 0.6 is 0 Å². The first-order valence-electron chi connectivity index (χ1n) is 6.36. The van der Waals surface area contributed by atoms with Crippen LogP contribution in [0.1, 0.15) is 16.8 Å². The molecule has 0 saturated carbocycles. The molecule has 0 atom stereocenters. The van der Waals surface area contributed by atoms with Gasteiger partial charge in [-0.25, -0.2) is 9.67 Å². The molecule has 0 fully saturated rings. The van der Waals surface area contributed by atoms with E-state index >= 15 is 0 Å². The highest BCUT2D eigenvalue weighted by atomic mass is 19.4. The number of nitrogens with zero attached hydrogens (tertiary/aromatic N) is 3. The molecule has 0 bridgehead atoms. The van der Waals surface area contributed by atoms with Crippen molar-refractivity contribution in [2.45, 2.75) is 19.3 Å². The van der Waals surface area contributed by atoms with E-state index in [0.29, 0.717) is 12.1 Å². The van der Waals surface area contributed by atoms with Gasteiger partial charge in [-0.2, -0.15) is 26.3 Å². The minimum Gasteiger partial charge on any atom is -0.323 e. The number of aromatic nitrogens is 3. The molecule has 0 aliphatic rings. The number of halogens is 6. The van der Waals surface area contributed by atoms with Gasteiger partial charge in [-0.1, -0.05) is 0 Å². The molecule has 24 heavy (non-hydrogen) atoms. The summed E-state index contributed by atoms with van der Waals surface area (Å²) < 4.78 is 77.6. The van der Waals surface area contributed by atoms with E-state index < -0.39 is 34.7 Å². The number of nitrogens with one attached hydrogen (secondary N) is 1. The van der Waals surface area contributed by atoms with Gasteiger partial charge in [0.05, 0.1) is 11.1 Å². The summed E-state index contributed by atoms with van der Waals surface area (Å²) in [6, 6.07) is 1.01. The quantitative estimate of drug-likeness (QED) is 0.843.